The Morgan fingerprint density at radius 3 is 2.52 bits per heavy atom. The number of nitrogens with two attached hydrogens (primary N) is 1. The van der Waals surface area contributed by atoms with Gasteiger partial charge in [-0.1, -0.05) is 0 Å². The molecule has 0 radical (unpaired) electrons. The molecule has 1 saturated heterocycles. The summed E-state index contributed by atoms with van der Waals surface area (Å²) in [7, 11) is -4.74. The number of nitrogens with zero attached hydrogens (tertiary/aromatic N) is 2. The molecular weight excluding hydrogens is 355 g/mol. The topological polar surface area (TPSA) is 177 Å². The molecule has 0 unspecified atom stereocenters. The third kappa shape index (κ3) is 6.15. The molecule has 1 aromatic heterocycles. The van der Waals surface area contributed by atoms with E-state index in [1.807, 2.05) is 0 Å². The molecule has 1 aliphatic heterocycles. The number of aliphatic hydroxyl groups excluding tert-OH is 2. The first-order valence-electron chi connectivity index (χ1n) is 5.75. The average Bonchev–Trinajstić information content (AvgIpc) is 2.64. The molecule has 0 amide bonds. The van der Waals surface area contributed by atoms with E-state index < -0.39 is 44.7 Å². The van der Waals surface area contributed by atoms with Gasteiger partial charge in [-0.05, 0) is 6.07 Å². The summed E-state index contributed by atoms with van der Waals surface area (Å²) in [6, 6.07) is 1.29. The molecule has 23 heavy (non-hydrogen) atoms. The Morgan fingerprint density at radius 1 is 1.39 bits per heavy atom. The van der Waals surface area contributed by atoms with Crippen LogP contribution in [-0.2, 0) is 13.8 Å². The first-order chi connectivity index (χ1) is 9.69. The summed E-state index contributed by atoms with van der Waals surface area (Å²) < 4.78 is 20.9. The standard InChI is InChI=1S/C9H14N3O8P.2Na.2H/c10-5-1-2-12(9(15)11-5)8-7(14)6(13)4(20-8)3-19-21(16,17)18;;;;/h1-2,4,6-8,13-14H,3H2,(H2,10,11,15)(H2,16,17,18);;;;/q;2*+1;2*-1/t4-,6-,7-,8-;;;;/m1..../s1. The summed E-state index contributed by atoms with van der Waals surface area (Å²) in [5, 5.41) is 19.6. The van der Waals surface area contributed by atoms with Gasteiger partial charge in [-0.15, -0.1) is 0 Å². The van der Waals surface area contributed by atoms with Gasteiger partial charge in [-0.25, -0.2) is 9.36 Å². The fraction of sp³-hybridized carbons (Fsp3) is 0.556. The Labute approximate surface area is 177 Å². The van der Waals surface area contributed by atoms with E-state index in [9.17, 15) is 19.6 Å². The SMILES string of the molecule is Nc1ccn([C@@H]2O[C@H](COP(=O)(O)O)[C@@H](O)[C@H]2O)c(=O)n1.[H-].[H-].[Na+].[Na+]. The van der Waals surface area contributed by atoms with Gasteiger partial charge in [0.25, 0.3) is 0 Å². The number of rotatable bonds is 4. The summed E-state index contributed by atoms with van der Waals surface area (Å²) in [4.78, 5) is 32.3. The van der Waals surface area contributed by atoms with Crippen molar-refractivity contribution in [2.24, 2.45) is 0 Å². The minimum absolute atomic E-state index is 0. The van der Waals surface area contributed by atoms with E-state index in [1.165, 1.54) is 12.3 Å². The van der Waals surface area contributed by atoms with E-state index in [-0.39, 0.29) is 67.8 Å². The Morgan fingerprint density at radius 2 is 2.00 bits per heavy atom. The Kier molecular flexibility index (Phi) is 9.66. The zero-order valence-electron chi connectivity index (χ0n) is 14.5. The molecule has 14 heteroatoms. The van der Waals surface area contributed by atoms with Crippen LogP contribution < -0.4 is 70.5 Å². The van der Waals surface area contributed by atoms with Crippen LogP contribution in [0.25, 0.3) is 0 Å². The van der Waals surface area contributed by atoms with E-state index in [2.05, 4.69) is 9.51 Å². The van der Waals surface area contributed by atoms with Crippen LogP contribution >= 0.6 is 7.82 Å². The number of hydrogen-bond donors (Lipinski definition) is 5. The van der Waals surface area contributed by atoms with Crippen LogP contribution in [0.3, 0.4) is 0 Å². The van der Waals surface area contributed by atoms with Gasteiger partial charge in [0.15, 0.2) is 6.23 Å². The summed E-state index contributed by atoms with van der Waals surface area (Å²) in [5.41, 5.74) is 4.52. The van der Waals surface area contributed by atoms with Crippen molar-refractivity contribution in [3.8, 4) is 0 Å². The van der Waals surface area contributed by atoms with Crippen LogP contribution in [0.15, 0.2) is 17.1 Å². The van der Waals surface area contributed by atoms with Crippen LogP contribution in [0.1, 0.15) is 9.08 Å². The predicted molar refractivity (Wildman–Crippen MR) is 69.1 cm³/mol. The zero-order valence-corrected chi connectivity index (χ0v) is 17.4. The first-order valence-corrected chi connectivity index (χ1v) is 7.28. The monoisotopic (exact) mass is 371 g/mol. The van der Waals surface area contributed by atoms with Gasteiger partial charge in [0.1, 0.15) is 24.1 Å². The van der Waals surface area contributed by atoms with Crippen molar-refractivity contribution in [2.75, 3.05) is 12.3 Å². The van der Waals surface area contributed by atoms with Crippen molar-refractivity contribution >= 4 is 13.6 Å². The largest absolute Gasteiger partial charge is 1.00 e. The number of nitrogen functional groups attached to an aromatic ring is 1. The summed E-state index contributed by atoms with van der Waals surface area (Å²) in [6.45, 7) is -0.657. The number of aliphatic hydroxyl groups is 2. The third-order valence-corrected chi connectivity index (χ3v) is 3.36. The molecule has 6 N–H and O–H groups in total. The van der Waals surface area contributed by atoms with Crippen molar-refractivity contribution in [1.82, 2.24) is 9.55 Å². The van der Waals surface area contributed by atoms with E-state index in [0.717, 1.165) is 4.57 Å². The molecular formula is C9H16N3Na2O8P. The van der Waals surface area contributed by atoms with Crippen molar-refractivity contribution in [1.29, 1.82) is 0 Å². The van der Waals surface area contributed by atoms with Gasteiger partial charge in [0.2, 0.25) is 0 Å². The number of phosphoric ester groups is 1. The van der Waals surface area contributed by atoms with Crippen LogP contribution in [0, 0.1) is 0 Å². The molecule has 2 rings (SSSR count). The van der Waals surface area contributed by atoms with Gasteiger partial charge in [0, 0.05) is 6.20 Å². The van der Waals surface area contributed by atoms with Crippen molar-refractivity contribution < 1.29 is 95.8 Å². The zero-order chi connectivity index (χ0) is 15.8. The molecule has 0 bridgehead atoms. The molecule has 4 atom stereocenters. The third-order valence-electron chi connectivity index (χ3n) is 2.87. The fourth-order valence-corrected chi connectivity index (χ4v) is 2.23. The predicted octanol–water partition coefficient (Wildman–Crippen LogP) is -8.21. The van der Waals surface area contributed by atoms with E-state index in [1.54, 1.807) is 0 Å². The van der Waals surface area contributed by atoms with Crippen LogP contribution in [0.4, 0.5) is 5.82 Å². The van der Waals surface area contributed by atoms with E-state index >= 15 is 0 Å². The maximum absolute atomic E-state index is 11.6. The Balaban J connectivity index is -0.00000121. The smallest absolute Gasteiger partial charge is 1.00 e. The summed E-state index contributed by atoms with van der Waals surface area (Å²) in [6.07, 6.45) is -4.27. The molecule has 2 heterocycles. The minimum atomic E-state index is -4.74. The van der Waals surface area contributed by atoms with Gasteiger partial charge < -0.3 is 33.3 Å². The van der Waals surface area contributed by atoms with E-state index in [4.69, 9.17) is 20.3 Å². The maximum Gasteiger partial charge on any atom is 1.00 e. The van der Waals surface area contributed by atoms with Gasteiger partial charge >= 0.3 is 72.6 Å². The van der Waals surface area contributed by atoms with Gasteiger partial charge in [-0.3, -0.25) is 9.09 Å². The molecule has 1 aromatic rings. The van der Waals surface area contributed by atoms with Crippen LogP contribution in [0.2, 0.25) is 0 Å². The Bertz CT molecular complexity index is 635. The molecule has 1 aliphatic rings. The van der Waals surface area contributed by atoms with Gasteiger partial charge in [-0.2, -0.15) is 4.98 Å². The van der Waals surface area contributed by atoms with E-state index in [0.29, 0.717) is 0 Å². The van der Waals surface area contributed by atoms with Gasteiger partial charge in [0.05, 0.1) is 6.61 Å². The minimum Gasteiger partial charge on any atom is -1.00 e. The average molecular weight is 371 g/mol. The molecule has 0 aromatic carbocycles. The van der Waals surface area contributed by atoms with Crippen molar-refractivity contribution in [3.05, 3.63) is 22.7 Å². The fourth-order valence-electron chi connectivity index (χ4n) is 1.89. The quantitative estimate of drug-likeness (QED) is 0.252. The molecule has 0 aliphatic carbocycles. The van der Waals surface area contributed by atoms with Crippen LogP contribution in [-0.4, -0.2) is 54.5 Å². The normalized spacial score (nSPS) is 27.1. The number of aromatic nitrogens is 2. The Hall–Kier alpha value is 0.670. The second-order valence-corrected chi connectivity index (χ2v) is 5.61. The van der Waals surface area contributed by atoms with Crippen LogP contribution in [0.5, 0.6) is 0 Å². The number of phosphoric acid groups is 1. The molecule has 122 valence electrons. The maximum atomic E-state index is 11.6. The number of anilines is 1. The molecule has 1 fully saturated rings. The summed E-state index contributed by atoms with van der Waals surface area (Å²) in [5.74, 6) is -0.0225. The van der Waals surface area contributed by atoms with Crippen molar-refractivity contribution in [2.45, 2.75) is 24.5 Å². The van der Waals surface area contributed by atoms with Crippen molar-refractivity contribution in [3.63, 3.8) is 0 Å². The second kappa shape index (κ2) is 9.39. The molecule has 11 nitrogen and oxygen atoms in total. The molecule has 0 saturated carbocycles. The number of ether oxygens (including phenoxy) is 1. The number of hydrogen-bond acceptors (Lipinski definition) is 8. The summed E-state index contributed by atoms with van der Waals surface area (Å²) >= 11 is 0. The molecule has 0 spiro atoms. The second-order valence-electron chi connectivity index (χ2n) is 4.37. The first kappa shape index (κ1) is 23.7.